The molecular weight excluding hydrogens is 1800 g/mol. The van der Waals surface area contributed by atoms with Crippen LogP contribution in [0.2, 0.25) is 0 Å². The van der Waals surface area contributed by atoms with E-state index in [0.29, 0.717) is 195 Å². The number of aliphatic imine (C=N–C) groups is 1. The van der Waals surface area contributed by atoms with Crippen molar-refractivity contribution in [3.05, 3.63) is 230 Å². The highest BCUT2D eigenvalue weighted by Gasteiger charge is 2.48. The molecule has 9 heterocycles. The van der Waals surface area contributed by atoms with E-state index in [2.05, 4.69) is 72.4 Å². The summed E-state index contributed by atoms with van der Waals surface area (Å²) in [6.07, 6.45) is 9.21. The molecule has 6 saturated heterocycles. The van der Waals surface area contributed by atoms with Crippen LogP contribution in [0.15, 0.2) is 151 Å². The van der Waals surface area contributed by atoms with Gasteiger partial charge in [-0.05, 0) is 221 Å². The number of nitrogen functional groups attached to an aromatic ring is 1. The van der Waals surface area contributed by atoms with Crippen molar-refractivity contribution in [2.24, 2.45) is 16.5 Å². The van der Waals surface area contributed by atoms with Crippen molar-refractivity contribution in [1.82, 2.24) is 45.7 Å². The quantitative estimate of drug-likeness (QED) is 0.00455. The number of fused-ring (bicyclic) bond motifs is 3. The lowest BCUT2D eigenvalue weighted by Crippen LogP contribution is -2.54. The normalized spacial score (nSPS) is 17.7. The van der Waals surface area contributed by atoms with E-state index in [9.17, 15) is 75.1 Å². The molecule has 730 valence electrons. The number of imide groups is 4. The van der Waals surface area contributed by atoms with E-state index in [0.717, 1.165) is 103 Å². The van der Waals surface area contributed by atoms with Gasteiger partial charge >= 0.3 is 5.97 Å². The molecule has 8 aromatic carbocycles. The van der Waals surface area contributed by atoms with Crippen molar-refractivity contribution in [3.8, 4) is 0 Å². The van der Waals surface area contributed by atoms with Gasteiger partial charge in [0.15, 0.2) is 5.82 Å². The van der Waals surface area contributed by atoms with E-state index < -0.39 is 88.6 Å². The van der Waals surface area contributed by atoms with E-state index in [1.807, 2.05) is 47.4 Å². The molecular formula is C100H112F4N20O15. The summed E-state index contributed by atoms with van der Waals surface area (Å²) in [5.74, 6) is -8.32. The topological polar surface area (TPSA) is 478 Å². The minimum Gasteiger partial charge on any atom is -0.480 e. The first-order valence-electron chi connectivity index (χ1n) is 46.9. The molecule has 0 bridgehead atoms. The van der Waals surface area contributed by atoms with Crippen molar-refractivity contribution in [2.75, 3.05) is 160 Å². The maximum absolute atomic E-state index is 13.9. The Morgan fingerprint density at radius 2 is 0.964 bits per heavy atom. The average Bonchev–Trinajstić information content (AvgIpc) is 1.60. The van der Waals surface area contributed by atoms with Gasteiger partial charge in [-0.1, -0.05) is 30.7 Å². The second-order valence-corrected chi connectivity index (χ2v) is 35.4. The third kappa shape index (κ3) is 25.1. The molecule has 8 aliphatic heterocycles. The summed E-state index contributed by atoms with van der Waals surface area (Å²) >= 11 is 0. The van der Waals surface area contributed by atoms with Crippen molar-refractivity contribution in [3.63, 3.8) is 0 Å². The maximum Gasteiger partial charge on any atom is 0.317 e. The van der Waals surface area contributed by atoms with Crippen LogP contribution in [-0.4, -0.2) is 254 Å². The number of piperazine rings is 2. The molecule has 17 rings (SSSR count). The molecule has 39 heteroatoms. The monoisotopic (exact) mass is 1910 g/mol. The number of unbranched alkanes of at least 4 members (excludes halogenated alkanes) is 4. The number of aliphatic carboxylic acids is 1. The number of rotatable bonds is 33. The number of nitrogens with two attached hydrogens (primary N) is 3. The zero-order valence-electron chi connectivity index (χ0n) is 76.7. The predicted molar refractivity (Wildman–Crippen MR) is 514 cm³/mol. The number of nitrogens with zero attached hydrogens (tertiary/aromatic N) is 8. The van der Waals surface area contributed by atoms with Crippen LogP contribution in [0, 0.1) is 23.3 Å². The number of hydrogen-bond donors (Lipinski definition) is 13. The summed E-state index contributed by atoms with van der Waals surface area (Å²) in [5.41, 5.74) is 28.0. The number of aromatic amines is 1. The van der Waals surface area contributed by atoms with Gasteiger partial charge in [0.25, 0.3) is 35.4 Å². The second kappa shape index (κ2) is 46.1. The lowest BCUT2D eigenvalue weighted by atomic mass is 10.0. The predicted octanol–water partition coefficient (Wildman–Crippen LogP) is 9.31. The lowest BCUT2D eigenvalue weighted by molar-refractivity contribution is -0.139. The number of carbonyl (C=O) groups is 12. The number of amides is 11. The summed E-state index contributed by atoms with van der Waals surface area (Å²) in [6.45, 7) is 10.4. The highest BCUT2D eigenvalue weighted by Crippen LogP contribution is 2.38. The number of piperidine rings is 2. The number of carbonyl (C=O) groups excluding carboxylic acids is 11. The minimum absolute atomic E-state index is 0.0240. The van der Waals surface area contributed by atoms with Gasteiger partial charge in [-0.15, -0.1) is 0 Å². The van der Waals surface area contributed by atoms with Crippen LogP contribution in [0.5, 0.6) is 0 Å². The zero-order chi connectivity index (χ0) is 97.9. The Kier molecular flexibility index (Phi) is 32.8. The molecule has 6 fully saturated rings. The molecule has 0 saturated carbocycles. The molecule has 11 amide bonds. The molecule has 2 atom stereocenters. The lowest BCUT2D eigenvalue weighted by Gasteiger charge is -2.36. The summed E-state index contributed by atoms with van der Waals surface area (Å²) in [4.78, 5) is 166. The Bertz CT molecular complexity index is 6130. The molecule has 0 spiro atoms. The number of hydrogen-bond acceptors (Lipinski definition) is 25. The summed E-state index contributed by atoms with van der Waals surface area (Å²) in [5, 5.41) is 41.0. The van der Waals surface area contributed by atoms with Gasteiger partial charge in [-0.3, -0.25) is 92.9 Å². The Labute approximate surface area is 798 Å². The molecule has 1 aromatic heterocycles. The zero-order valence-corrected chi connectivity index (χ0v) is 76.7. The first-order valence-corrected chi connectivity index (χ1v) is 46.9. The van der Waals surface area contributed by atoms with Crippen LogP contribution >= 0.6 is 0 Å². The number of nitrogens with one attached hydrogen (secondary N) is 9. The number of aromatic nitrogens is 2. The summed E-state index contributed by atoms with van der Waals surface area (Å²) in [7, 11) is 0. The van der Waals surface area contributed by atoms with E-state index in [4.69, 9.17) is 31.8 Å². The summed E-state index contributed by atoms with van der Waals surface area (Å²) < 4.78 is 66.3. The van der Waals surface area contributed by atoms with Crippen molar-refractivity contribution in [2.45, 2.75) is 127 Å². The highest BCUT2D eigenvalue weighted by atomic mass is 19.1. The van der Waals surface area contributed by atoms with Crippen LogP contribution in [0.3, 0.4) is 0 Å². The number of anilines is 8. The molecule has 2 unspecified atom stereocenters. The molecule has 35 nitrogen and oxygen atoms in total. The van der Waals surface area contributed by atoms with E-state index in [1.54, 1.807) is 66.7 Å². The third-order valence-electron chi connectivity index (χ3n) is 25.6. The van der Waals surface area contributed by atoms with Crippen molar-refractivity contribution < 1.29 is 89.7 Å². The van der Waals surface area contributed by atoms with Gasteiger partial charge < -0.3 is 73.5 Å². The number of H-pyrrole nitrogens is 1. The Hall–Kier alpha value is -14.5. The van der Waals surface area contributed by atoms with Crippen molar-refractivity contribution >= 4 is 133 Å². The third-order valence-corrected chi connectivity index (χ3v) is 25.6. The van der Waals surface area contributed by atoms with E-state index >= 15 is 0 Å². The molecule has 0 aliphatic carbocycles. The van der Waals surface area contributed by atoms with Gasteiger partial charge in [0.1, 0.15) is 41.2 Å². The molecule has 16 N–H and O–H groups in total. The van der Waals surface area contributed by atoms with Crippen molar-refractivity contribution in [1.29, 1.82) is 0 Å². The number of halogens is 4. The number of carboxylic acids is 1. The fraction of sp³-hybridized carbons (Fsp3) is 0.380. The van der Waals surface area contributed by atoms with Gasteiger partial charge in [-0.2, -0.15) is 10.1 Å². The fourth-order valence-electron chi connectivity index (χ4n) is 18.4. The van der Waals surface area contributed by atoms with Crippen LogP contribution < -0.4 is 69.5 Å². The Morgan fingerprint density at radius 1 is 0.489 bits per heavy atom. The Balaban J connectivity index is 0.000000177. The number of carboxylic acid groups (broad SMARTS) is 1. The maximum atomic E-state index is 13.9. The minimum atomic E-state index is -1.03. The van der Waals surface area contributed by atoms with E-state index in [1.165, 1.54) is 24.3 Å². The molecule has 0 radical (unpaired) electrons. The first-order chi connectivity index (χ1) is 67.1. The van der Waals surface area contributed by atoms with Gasteiger partial charge in [0.2, 0.25) is 29.5 Å². The SMILES string of the molecule is NC(=NC(=O)c1ccc(N2CCN(CC(=O)NCCCCCNc3cccc4c3C(=O)N(C3CCC(=O)NC3=O)C4=O)CC2)cc1NC1CCOCC1)c1cc(Cc2cc(F)cc(F)c2)ccc1N.NCCCCCNc1cccc2c1C(=O)N(C1CCC(=O)NC1=O)C2=O.O=C(O)CN1CCN(c2ccc(C(=O)Nc3n[nH]c4ccc(Cc5cc(F)cc(F)c5)cc34)c(NC3CCOCC3)c2)CC1. The second-order valence-electron chi connectivity index (χ2n) is 35.4. The van der Waals surface area contributed by atoms with Crippen LogP contribution in [-0.2, 0) is 51.1 Å². The highest BCUT2D eigenvalue weighted by molar-refractivity contribution is 6.27. The van der Waals surface area contributed by atoms with Gasteiger partial charge in [-0.25, -0.2) is 17.6 Å². The average molecular weight is 1910 g/mol. The summed E-state index contributed by atoms with van der Waals surface area (Å²) in [6, 6.07) is 36.8. The largest absolute Gasteiger partial charge is 0.480 e. The molecule has 139 heavy (non-hydrogen) atoms. The van der Waals surface area contributed by atoms with Gasteiger partial charge in [0, 0.05) is 186 Å². The number of benzene rings is 8. The molecule has 9 aromatic rings. The molecule has 8 aliphatic rings. The number of amidine groups is 1. The van der Waals surface area contributed by atoms with Crippen LogP contribution in [0.1, 0.15) is 180 Å². The van der Waals surface area contributed by atoms with Crippen LogP contribution in [0.25, 0.3) is 10.9 Å². The van der Waals surface area contributed by atoms with E-state index in [-0.39, 0.29) is 97.5 Å². The first kappa shape index (κ1) is 99.0. The number of ether oxygens (including phenoxy) is 2. The van der Waals surface area contributed by atoms with Gasteiger partial charge in [0.05, 0.1) is 52.0 Å². The Morgan fingerprint density at radius 3 is 1.47 bits per heavy atom. The smallest absolute Gasteiger partial charge is 0.317 e. The fourth-order valence-corrected chi connectivity index (χ4v) is 18.4. The standard InChI is InChI=1S/C50H56F2N10O7.C32H34F2N6O4.C18H22N4O4/c51-32-24-31(25-33(52)27-32)23-30-7-10-39(53)38(26-30)46(54)59-47(65)36-9-8-35(28-41(36)57-34-13-21-69-22-14-34)61-19-17-60(18-20-61)29-44(64)56-16-3-1-2-15-55-40-6-4-5-37-45(40)50(68)62(49(37)67)42-11-12-43(63)58-48(42)66;33-22-14-21(15-23(34)17-22)13-20-1-4-28-27(16-20)31(38-37-28)36-32(43)26-3-2-25(18-29(26)35-24-5-11-44-12-6-24)40-9-7-39(8-10-40)19-30(41)42;19-9-2-1-3-10-20-12-6-4-5-11-15(12)18(26)22(17(11)25)13-7-8-14(23)21-16(13)24/h4-10,24-28,34,42,55,57H,1-3,11-23,29,53H2,(H,56,64)(H2,54,59,65)(H,58,63,66);1-4,14-18,24,35H,5-13,19H2,(H,41,42)(H2,36,37,38,43);4-6,13,20H,1-3,7-10,19H2,(H,21,23,24). The van der Waals surface area contributed by atoms with Crippen LogP contribution in [0.4, 0.5) is 63.2 Å².